The summed E-state index contributed by atoms with van der Waals surface area (Å²) in [6, 6.07) is 33.5. The second-order valence-corrected chi connectivity index (χ2v) is 16.8. The van der Waals surface area contributed by atoms with Gasteiger partial charge in [0, 0.05) is 33.2 Å². The number of hydrogen-bond acceptors (Lipinski definition) is 2. The summed E-state index contributed by atoms with van der Waals surface area (Å²) in [6.07, 6.45) is 4.01. The van der Waals surface area contributed by atoms with E-state index in [0.717, 1.165) is 61.3 Å². The number of pyridine rings is 1. The molecule has 212 valence electrons. The van der Waals surface area contributed by atoms with Gasteiger partial charge in [0.05, 0.1) is 13.8 Å². The quantitative estimate of drug-likeness (QED) is 0.100. The Balaban J connectivity index is 1.38. The van der Waals surface area contributed by atoms with E-state index in [0.29, 0.717) is 6.54 Å². The zero-order valence-corrected chi connectivity index (χ0v) is 25.8. The molecule has 0 fully saturated rings. The first kappa shape index (κ1) is 28.3. The van der Waals surface area contributed by atoms with Gasteiger partial charge in [-0.25, -0.2) is 4.39 Å². The number of allylic oxidation sites excluding steroid dienone is 1. The molecule has 0 aliphatic heterocycles. The van der Waals surface area contributed by atoms with Crippen LogP contribution >= 0.6 is 0 Å². The summed E-state index contributed by atoms with van der Waals surface area (Å²) >= 11 is 0. The normalized spacial score (nSPS) is 12.1. The number of benzene rings is 4. The number of furan rings is 1. The van der Waals surface area contributed by atoms with Gasteiger partial charge in [0.25, 0.3) is 0 Å². The Morgan fingerprint density at radius 1 is 0.837 bits per heavy atom. The maximum atomic E-state index is 13.5. The summed E-state index contributed by atoms with van der Waals surface area (Å²) in [5, 5.41) is 3.38. The predicted molar refractivity (Wildman–Crippen MR) is 181 cm³/mol. The molecular formula is C38H34FN2OSi+. The van der Waals surface area contributed by atoms with Gasteiger partial charge in [-0.05, 0) is 66.2 Å². The summed E-state index contributed by atoms with van der Waals surface area (Å²) in [5.41, 5.74) is 8.13. The molecular weight excluding hydrogens is 548 g/mol. The minimum absolute atomic E-state index is 0.254. The standard InChI is InChI=1S/C38H34FN2OSi/c1-6-35(40-24-26(2)41-25-31(43(3,4)5)20-22-36(41)28-11-8-7-9-12-28)34-14-10-13-33-32-21-17-29(23-37(32)42-38(33)34)27-15-18-30(39)19-16-27/h6-23,25H,1-2,24H2,3-5H3/q+1/b40-35-. The van der Waals surface area contributed by atoms with Crippen LogP contribution in [0.3, 0.4) is 0 Å². The molecule has 43 heavy (non-hydrogen) atoms. The molecule has 0 bridgehead atoms. The first-order valence-electron chi connectivity index (χ1n) is 14.4. The monoisotopic (exact) mass is 581 g/mol. The lowest BCUT2D eigenvalue weighted by atomic mass is 10.0. The van der Waals surface area contributed by atoms with Crippen molar-refractivity contribution in [1.29, 1.82) is 0 Å². The van der Waals surface area contributed by atoms with Gasteiger partial charge in [-0.2, -0.15) is 4.57 Å². The SMILES string of the molecule is C=C/C(=N/CC(=C)[n+]1cc([Si](C)(C)C)ccc1-c1ccccc1)c1cccc2c1oc1cc(-c3ccc(F)cc3)ccc12. The van der Waals surface area contributed by atoms with E-state index in [9.17, 15) is 4.39 Å². The van der Waals surface area contributed by atoms with Crippen LogP contribution < -0.4 is 9.75 Å². The van der Waals surface area contributed by atoms with E-state index in [-0.39, 0.29) is 5.82 Å². The first-order chi connectivity index (χ1) is 20.7. The fourth-order valence-corrected chi connectivity index (χ4v) is 6.48. The van der Waals surface area contributed by atoms with Gasteiger partial charge >= 0.3 is 0 Å². The minimum Gasteiger partial charge on any atom is -0.455 e. The Morgan fingerprint density at radius 2 is 1.58 bits per heavy atom. The third kappa shape index (κ3) is 5.64. The van der Waals surface area contributed by atoms with Crippen molar-refractivity contribution in [2.45, 2.75) is 19.6 Å². The molecule has 6 rings (SSSR count). The smallest absolute Gasteiger partial charge is 0.218 e. The van der Waals surface area contributed by atoms with Crippen molar-refractivity contribution >= 4 is 46.6 Å². The van der Waals surface area contributed by atoms with Crippen LogP contribution in [0, 0.1) is 5.82 Å². The molecule has 3 nitrogen and oxygen atoms in total. The molecule has 0 atom stereocenters. The zero-order chi connectivity index (χ0) is 30.1. The van der Waals surface area contributed by atoms with Crippen molar-refractivity contribution < 1.29 is 13.4 Å². The van der Waals surface area contributed by atoms with Gasteiger partial charge < -0.3 is 4.42 Å². The van der Waals surface area contributed by atoms with Crippen LogP contribution in [-0.2, 0) is 0 Å². The molecule has 0 saturated carbocycles. The number of rotatable bonds is 8. The van der Waals surface area contributed by atoms with E-state index < -0.39 is 8.07 Å². The molecule has 0 aliphatic rings. The Labute approximate surface area is 253 Å². The second kappa shape index (κ2) is 11.4. The van der Waals surface area contributed by atoms with Gasteiger partial charge in [0.15, 0.2) is 6.20 Å². The van der Waals surface area contributed by atoms with E-state index in [1.807, 2.05) is 30.3 Å². The minimum atomic E-state index is -1.56. The highest BCUT2D eigenvalue weighted by Crippen LogP contribution is 2.34. The summed E-state index contributed by atoms with van der Waals surface area (Å²) in [5.74, 6) is -0.254. The van der Waals surface area contributed by atoms with Crippen molar-refractivity contribution in [2.24, 2.45) is 4.99 Å². The highest BCUT2D eigenvalue weighted by molar-refractivity contribution is 6.88. The van der Waals surface area contributed by atoms with Gasteiger partial charge in [-0.15, -0.1) is 0 Å². The molecule has 0 N–H and O–H groups in total. The topological polar surface area (TPSA) is 29.4 Å². The maximum Gasteiger partial charge on any atom is 0.218 e. The summed E-state index contributed by atoms with van der Waals surface area (Å²) < 4.78 is 22.1. The van der Waals surface area contributed by atoms with Crippen LogP contribution in [-0.4, -0.2) is 20.3 Å². The number of halogens is 1. The number of nitrogens with zero attached hydrogens (tertiary/aromatic N) is 2. The van der Waals surface area contributed by atoms with Gasteiger partial charge in [-0.3, -0.25) is 4.99 Å². The van der Waals surface area contributed by atoms with E-state index in [1.165, 1.54) is 17.3 Å². The number of aromatic nitrogens is 1. The molecule has 2 aromatic heterocycles. The number of aliphatic imine (C=N–C) groups is 1. The van der Waals surface area contributed by atoms with Crippen LogP contribution in [0.5, 0.6) is 0 Å². The van der Waals surface area contributed by atoms with E-state index in [1.54, 1.807) is 18.2 Å². The Morgan fingerprint density at radius 3 is 2.30 bits per heavy atom. The van der Waals surface area contributed by atoms with E-state index in [2.05, 4.69) is 92.1 Å². The Kier molecular flexibility index (Phi) is 7.51. The molecule has 4 aromatic carbocycles. The van der Waals surface area contributed by atoms with Crippen molar-refractivity contribution in [3.8, 4) is 22.4 Å². The molecule has 0 aliphatic carbocycles. The molecule has 5 heteroatoms. The van der Waals surface area contributed by atoms with Crippen molar-refractivity contribution in [2.75, 3.05) is 6.54 Å². The van der Waals surface area contributed by atoms with Crippen molar-refractivity contribution in [3.63, 3.8) is 0 Å². The van der Waals surface area contributed by atoms with Gasteiger partial charge in [-0.1, -0.05) is 80.8 Å². The molecule has 0 spiro atoms. The van der Waals surface area contributed by atoms with Gasteiger partial charge in [0.2, 0.25) is 11.4 Å². The van der Waals surface area contributed by atoms with E-state index >= 15 is 0 Å². The van der Waals surface area contributed by atoms with Gasteiger partial charge in [0.1, 0.15) is 23.5 Å². The predicted octanol–water partition coefficient (Wildman–Crippen LogP) is 9.04. The molecule has 2 heterocycles. The molecule has 0 radical (unpaired) electrons. The Hall–Kier alpha value is -4.87. The van der Waals surface area contributed by atoms with Crippen LogP contribution in [0.15, 0.2) is 138 Å². The fraction of sp³-hybridized carbons (Fsp3) is 0.105. The average molecular weight is 582 g/mol. The fourth-order valence-electron chi connectivity index (χ4n) is 5.38. The van der Waals surface area contributed by atoms with Crippen LogP contribution in [0.2, 0.25) is 19.6 Å². The summed E-state index contributed by atoms with van der Waals surface area (Å²) in [7, 11) is -1.56. The third-order valence-electron chi connectivity index (χ3n) is 7.80. The zero-order valence-electron chi connectivity index (χ0n) is 24.8. The maximum absolute atomic E-state index is 13.5. The lowest BCUT2D eigenvalue weighted by Crippen LogP contribution is -2.46. The highest BCUT2D eigenvalue weighted by Gasteiger charge is 2.24. The first-order valence-corrected chi connectivity index (χ1v) is 17.9. The van der Waals surface area contributed by atoms with Crippen LogP contribution in [0.1, 0.15) is 5.56 Å². The highest BCUT2D eigenvalue weighted by atomic mass is 28.3. The Bertz CT molecular complexity index is 2020. The van der Waals surface area contributed by atoms with Crippen LogP contribution in [0.25, 0.3) is 50.0 Å². The molecule has 0 saturated heterocycles. The largest absolute Gasteiger partial charge is 0.455 e. The summed E-state index contributed by atoms with van der Waals surface area (Å²) in [6.45, 7) is 16.0. The third-order valence-corrected chi connectivity index (χ3v) is 9.83. The van der Waals surface area contributed by atoms with Crippen LogP contribution in [0.4, 0.5) is 4.39 Å². The van der Waals surface area contributed by atoms with Crippen molar-refractivity contribution in [1.82, 2.24) is 0 Å². The average Bonchev–Trinajstić information content (AvgIpc) is 3.40. The van der Waals surface area contributed by atoms with Crippen molar-refractivity contribution in [3.05, 3.63) is 140 Å². The number of hydrogen-bond donors (Lipinski definition) is 0. The molecule has 6 aromatic rings. The number of para-hydroxylation sites is 1. The van der Waals surface area contributed by atoms with E-state index in [4.69, 9.17) is 9.41 Å². The summed E-state index contributed by atoms with van der Waals surface area (Å²) in [4.78, 5) is 5.00. The number of fused-ring (bicyclic) bond motifs is 3. The molecule has 0 amide bonds. The molecule has 0 unspecified atom stereocenters. The second-order valence-electron chi connectivity index (χ2n) is 11.8. The lowest BCUT2D eigenvalue weighted by molar-refractivity contribution is -0.568. The lowest BCUT2D eigenvalue weighted by Gasteiger charge is -2.16.